The van der Waals surface area contributed by atoms with Crippen LogP contribution in [0.1, 0.15) is 24.0 Å². The Labute approximate surface area is 129 Å². The molecule has 2 atom stereocenters. The summed E-state index contributed by atoms with van der Waals surface area (Å²) in [4.78, 5) is 15.0. The van der Waals surface area contributed by atoms with E-state index in [0.29, 0.717) is 11.7 Å². The summed E-state index contributed by atoms with van der Waals surface area (Å²) in [5.41, 5.74) is 6.52. The molecule has 0 unspecified atom stereocenters. The van der Waals surface area contributed by atoms with Gasteiger partial charge in [0.1, 0.15) is 11.5 Å². The zero-order chi connectivity index (χ0) is 15.6. The summed E-state index contributed by atoms with van der Waals surface area (Å²) in [7, 11) is 0. The van der Waals surface area contributed by atoms with Crippen LogP contribution in [-0.4, -0.2) is 28.3 Å². The van der Waals surface area contributed by atoms with Gasteiger partial charge in [-0.05, 0) is 24.4 Å². The predicted molar refractivity (Wildman–Crippen MR) is 84.4 cm³/mol. The molecule has 1 aliphatic rings. The van der Waals surface area contributed by atoms with Gasteiger partial charge in [-0.1, -0.05) is 37.3 Å². The Bertz CT molecular complexity index is 699. The van der Waals surface area contributed by atoms with E-state index in [9.17, 15) is 4.79 Å². The van der Waals surface area contributed by atoms with Gasteiger partial charge in [-0.3, -0.25) is 4.79 Å². The van der Waals surface area contributed by atoms with E-state index in [1.54, 1.807) is 0 Å². The highest BCUT2D eigenvalue weighted by Crippen LogP contribution is 2.36. The monoisotopic (exact) mass is 299 g/mol. The number of hydrogen-bond donors (Lipinski definition) is 3. The first-order valence-electron chi connectivity index (χ1n) is 7.57. The number of nitrogens with two attached hydrogens (primary N) is 1. The zero-order valence-electron chi connectivity index (χ0n) is 12.7. The third-order valence-corrected chi connectivity index (χ3v) is 4.63. The van der Waals surface area contributed by atoms with Crippen LogP contribution in [0, 0.1) is 5.92 Å². The highest BCUT2D eigenvalue weighted by Gasteiger charge is 2.44. The first-order chi connectivity index (χ1) is 10.7. The summed E-state index contributed by atoms with van der Waals surface area (Å²) in [5.74, 6) is 0.998. The first kappa shape index (κ1) is 14.9. The van der Waals surface area contributed by atoms with Gasteiger partial charge in [0.05, 0.1) is 5.41 Å². The highest BCUT2D eigenvalue weighted by atomic mass is 16.1. The number of rotatable bonds is 4. The smallest absolute Gasteiger partial charge is 0.274 e. The van der Waals surface area contributed by atoms with Gasteiger partial charge in [-0.25, -0.2) is 0 Å². The average Bonchev–Trinajstić information content (AvgIpc) is 2.90. The first-order valence-corrected chi connectivity index (χ1v) is 7.57. The summed E-state index contributed by atoms with van der Waals surface area (Å²) >= 11 is 0. The van der Waals surface area contributed by atoms with Crippen molar-refractivity contribution >= 4 is 0 Å². The molecule has 6 nitrogen and oxygen atoms in total. The van der Waals surface area contributed by atoms with Crippen molar-refractivity contribution in [2.24, 2.45) is 11.7 Å². The van der Waals surface area contributed by atoms with E-state index < -0.39 is 0 Å². The summed E-state index contributed by atoms with van der Waals surface area (Å²) in [6.07, 6.45) is 0.814. The summed E-state index contributed by atoms with van der Waals surface area (Å²) in [5, 5.41) is 11.7. The molecule has 0 bridgehead atoms. The lowest BCUT2D eigenvalue weighted by Gasteiger charge is -2.31. The molecule has 0 radical (unpaired) electrons. The Kier molecular flexibility index (Phi) is 4.04. The largest absolute Gasteiger partial charge is 0.325 e. The molecule has 0 aliphatic carbocycles. The van der Waals surface area contributed by atoms with Crippen molar-refractivity contribution in [1.29, 1.82) is 0 Å². The van der Waals surface area contributed by atoms with Crippen LogP contribution in [0.25, 0.3) is 0 Å². The van der Waals surface area contributed by atoms with Gasteiger partial charge in [-0.2, -0.15) is 0 Å². The molecule has 1 aromatic heterocycles. The number of hydrogen-bond acceptors (Lipinski definition) is 5. The predicted octanol–water partition coefficient (Wildman–Crippen LogP) is 0.343. The van der Waals surface area contributed by atoms with Crippen LogP contribution in [0.5, 0.6) is 0 Å². The van der Waals surface area contributed by atoms with E-state index in [1.165, 1.54) is 5.56 Å². The normalized spacial score (nSPS) is 24.5. The van der Waals surface area contributed by atoms with Crippen molar-refractivity contribution in [1.82, 2.24) is 20.5 Å². The van der Waals surface area contributed by atoms with Crippen molar-refractivity contribution in [3.63, 3.8) is 0 Å². The van der Waals surface area contributed by atoms with Crippen LogP contribution >= 0.6 is 0 Å². The standard InChI is InChI=1S/C16H21N5O/c1-11-9-18-10-16(11,7-12-5-3-2-4-6-12)15-19-14(22)13(8-17)20-21-15/h2-6,11,18H,7-10,17H2,1H3,(H,19,21,22)/t11-,16-/m1/s1. The van der Waals surface area contributed by atoms with Gasteiger partial charge in [0.15, 0.2) is 0 Å². The third kappa shape index (κ3) is 2.55. The zero-order valence-corrected chi connectivity index (χ0v) is 12.7. The van der Waals surface area contributed by atoms with Crippen LogP contribution in [-0.2, 0) is 18.4 Å². The molecular weight excluding hydrogens is 278 g/mol. The Balaban J connectivity index is 2.03. The molecule has 1 aromatic carbocycles. The highest BCUT2D eigenvalue weighted by molar-refractivity contribution is 5.24. The molecule has 0 spiro atoms. The number of H-pyrrole nitrogens is 1. The minimum atomic E-state index is -0.249. The average molecular weight is 299 g/mol. The minimum absolute atomic E-state index is 0.0993. The minimum Gasteiger partial charge on any atom is -0.325 e. The molecule has 3 rings (SSSR count). The molecule has 1 fully saturated rings. The second-order valence-electron chi connectivity index (χ2n) is 6.00. The Hall–Kier alpha value is -2.05. The van der Waals surface area contributed by atoms with Crippen molar-refractivity contribution in [3.8, 4) is 0 Å². The molecule has 4 N–H and O–H groups in total. The number of nitrogens with zero attached hydrogens (tertiary/aromatic N) is 2. The topological polar surface area (TPSA) is 96.7 Å². The van der Waals surface area contributed by atoms with Crippen LogP contribution in [0.3, 0.4) is 0 Å². The molecule has 2 aromatic rings. The summed E-state index contributed by atoms with van der Waals surface area (Å²) in [6, 6.07) is 10.3. The van der Waals surface area contributed by atoms with Gasteiger partial charge in [0.25, 0.3) is 5.56 Å². The van der Waals surface area contributed by atoms with Gasteiger partial charge >= 0.3 is 0 Å². The maximum atomic E-state index is 12.1. The van der Waals surface area contributed by atoms with Crippen molar-refractivity contribution in [2.75, 3.05) is 13.1 Å². The van der Waals surface area contributed by atoms with Crippen LogP contribution in [0.15, 0.2) is 35.1 Å². The van der Waals surface area contributed by atoms with Crippen LogP contribution < -0.4 is 16.6 Å². The quantitative estimate of drug-likeness (QED) is 0.756. The molecule has 2 heterocycles. The summed E-state index contributed by atoms with van der Waals surface area (Å²) in [6.45, 7) is 3.95. The van der Waals surface area contributed by atoms with Gasteiger partial charge in [-0.15, -0.1) is 10.2 Å². The molecule has 116 valence electrons. The Morgan fingerprint density at radius 2 is 2.09 bits per heavy atom. The van der Waals surface area contributed by atoms with Crippen molar-refractivity contribution in [2.45, 2.75) is 25.3 Å². The molecule has 0 amide bonds. The van der Waals surface area contributed by atoms with Crippen LogP contribution in [0.4, 0.5) is 0 Å². The van der Waals surface area contributed by atoms with Crippen LogP contribution in [0.2, 0.25) is 0 Å². The molecule has 1 saturated heterocycles. The summed E-state index contributed by atoms with van der Waals surface area (Å²) < 4.78 is 0. The molecule has 22 heavy (non-hydrogen) atoms. The Morgan fingerprint density at radius 3 is 2.68 bits per heavy atom. The number of nitrogens with one attached hydrogen (secondary N) is 2. The Morgan fingerprint density at radius 1 is 1.32 bits per heavy atom. The van der Waals surface area contributed by atoms with E-state index in [0.717, 1.165) is 19.5 Å². The molecule has 0 saturated carbocycles. The van der Waals surface area contributed by atoms with Crippen molar-refractivity contribution in [3.05, 3.63) is 57.8 Å². The maximum absolute atomic E-state index is 12.1. The second-order valence-corrected chi connectivity index (χ2v) is 6.00. The molecular formula is C16H21N5O. The van der Waals surface area contributed by atoms with Gasteiger partial charge in [0, 0.05) is 13.1 Å². The lowest BCUT2D eigenvalue weighted by Crippen LogP contribution is -2.41. The fourth-order valence-electron chi connectivity index (χ4n) is 3.20. The van der Waals surface area contributed by atoms with Gasteiger partial charge < -0.3 is 16.0 Å². The molecule has 6 heteroatoms. The fraction of sp³-hybridized carbons (Fsp3) is 0.438. The van der Waals surface area contributed by atoms with E-state index in [2.05, 4.69) is 39.6 Å². The number of benzene rings is 1. The van der Waals surface area contributed by atoms with Crippen molar-refractivity contribution < 1.29 is 0 Å². The number of aromatic amines is 1. The SMILES string of the molecule is C[C@@H]1CNC[C@@]1(Cc1ccccc1)c1nnc(CN)c(=O)[nH]1. The fourth-order valence-corrected chi connectivity index (χ4v) is 3.20. The van der Waals surface area contributed by atoms with E-state index in [4.69, 9.17) is 5.73 Å². The maximum Gasteiger partial charge on any atom is 0.274 e. The van der Waals surface area contributed by atoms with E-state index in [-0.39, 0.29) is 23.2 Å². The van der Waals surface area contributed by atoms with E-state index in [1.807, 2.05) is 18.2 Å². The van der Waals surface area contributed by atoms with Gasteiger partial charge in [0.2, 0.25) is 0 Å². The molecule has 1 aliphatic heterocycles. The number of aromatic nitrogens is 3. The lowest BCUT2D eigenvalue weighted by molar-refractivity contribution is 0.336. The van der Waals surface area contributed by atoms with E-state index >= 15 is 0 Å². The second kappa shape index (κ2) is 5.98. The third-order valence-electron chi connectivity index (χ3n) is 4.63. The lowest BCUT2D eigenvalue weighted by atomic mass is 9.73.